The average Bonchev–Trinajstić information content (AvgIpc) is 3.45. The van der Waals surface area contributed by atoms with Crippen LogP contribution in [0.5, 0.6) is 0 Å². The minimum atomic E-state index is -0.744. The van der Waals surface area contributed by atoms with Gasteiger partial charge in [0.2, 0.25) is 0 Å². The molecule has 14 heteroatoms. The van der Waals surface area contributed by atoms with Gasteiger partial charge in [-0.3, -0.25) is 0 Å². The molecule has 1 aliphatic rings. The quantitative estimate of drug-likeness (QED) is 0.104. The molecule has 10 N–H and O–H groups in total. The summed E-state index contributed by atoms with van der Waals surface area (Å²) in [6, 6.07) is 0. The number of aliphatic hydroxyl groups excluding tert-OH is 7. The third-order valence-corrected chi connectivity index (χ3v) is 2.72. The largest absolute Gasteiger partial charge is 1.00 e. The number of halogens is 2. The molecule has 1 saturated heterocycles. The van der Waals surface area contributed by atoms with Gasteiger partial charge in [0.15, 0.2) is 0 Å². The Bertz CT molecular complexity index is 189. The molecule has 0 saturated carbocycles. The second-order valence-corrected chi connectivity index (χ2v) is 4.93. The molecule has 1 heterocycles. The molecule has 4 unspecified atom stereocenters. The van der Waals surface area contributed by atoms with Gasteiger partial charge in [0.1, 0.15) is 6.10 Å². The Labute approximate surface area is 222 Å². The van der Waals surface area contributed by atoms with Gasteiger partial charge in [-0.2, -0.15) is 0 Å². The molecule has 0 aliphatic carbocycles. The van der Waals surface area contributed by atoms with Crippen LogP contribution in [0.3, 0.4) is 0 Å². The maximum absolute atomic E-state index is 8.42. The minimum absolute atomic E-state index is 0. The van der Waals surface area contributed by atoms with Gasteiger partial charge in [0.05, 0.1) is 57.2 Å². The predicted molar refractivity (Wildman–Crippen MR) is 93.0 cm³/mol. The van der Waals surface area contributed by atoms with Crippen molar-refractivity contribution in [1.29, 1.82) is 0 Å². The molecule has 1 rings (SSSR count). The number of epoxide rings is 1. The topological polar surface area (TPSA) is 216 Å². The van der Waals surface area contributed by atoms with Gasteiger partial charge >= 0.3 is 59.1 Å². The summed E-state index contributed by atoms with van der Waals surface area (Å²) in [6.07, 6.45) is -0.302. The van der Waals surface area contributed by atoms with Crippen molar-refractivity contribution in [2.75, 3.05) is 38.9 Å². The van der Waals surface area contributed by atoms with Gasteiger partial charge in [-0.25, -0.2) is 0 Å². The van der Waals surface area contributed by atoms with Gasteiger partial charge in [-0.05, 0) is 12.8 Å². The van der Waals surface area contributed by atoms with Gasteiger partial charge in [0.25, 0.3) is 0 Å². The van der Waals surface area contributed by atoms with E-state index in [2.05, 4.69) is 4.74 Å². The molecular formula is C14H36Cl2Na2O10. The van der Waals surface area contributed by atoms with Crippen molar-refractivity contribution in [3.05, 3.63) is 0 Å². The van der Waals surface area contributed by atoms with Crippen molar-refractivity contribution in [3.8, 4) is 0 Å². The molecule has 0 aromatic carbocycles. The zero-order valence-corrected chi connectivity index (χ0v) is 22.7. The zero-order valence-electron chi connectivity index (χ0n) is 17.2. The number of ether oxygens (including phenoxy) is 1. The fourth-order valence-electron chi connectivity index (χ4n) is 0.480. The van der Waals surface area contributed by atoms with Crippen LogP contribution in [0.25, 0.3) is 0 Å². The van der Waals surface area contributed by atoms with Crippen molar-refractivity contribution in [2.24, 2.45) is 0 Å². The van der Waals surface area contributed by atoms with Gasteiger partial charge in [-0.1, -0.05) is 13.8 Å². The van der Waals surface area contributed by atoms with E-state index in [1.807, 2.05) is 13.8 Å². The number of hydrogen-bond donors (Lipinski definition) is 7. The maximum atomic E-state index is 8.42. The summed E-state index contributed by atoms with van der Waals surface area (Å²) < 4.78 is 4.61. The Kier molecular flexibility index (Phi) is 80.5. The Hall–Kier alpha value is 2.18. The van der Waals surface area contributed by atoms with E-state index in [9.17, 15) is 0 Å². The molecule has 0 spiro atoms. The third-order valence-electron chi connectivity index (χ3n) is 2.36. The van der Waals surface area contributed by atoms with E-state index in [0.717, 1.165) is 6.61 Å². The van der Waals surface area contributed by atoms with Crippen molar-refractivity contribution in [2.45, 2.75) is 51.1 Å². The number of hydrogen-bond acceptors (Lipinski definition) is 9. The predicted octanol–water partition coefficient (Wildman–Crippen LogP) is -11.5. The summed E-state index contributed by atoms with van der Waals surface area (Å²) >= 11 is 5.04. The normalized spacial score (nSPS) is 15.4. The van der Waals surface area contributed by atoms with Crippen LogP contribution in [0, 0.1) is 0 Å². The number of alkyl halides is 1. The molecule has 0 bridgehead atoms. The average molecular weight is 481 g/mol. The Balaban J connectivity index is -0.0000000300. The fourth-order valence-corrected chi connectivity index (χ4v) is 0.578. The third kappa shape index (κ3) is 56.6. The van der Waals surface area contributed by atoms with E-state index in [-0.39, 0.29) is 121 Å². The van der Waals surface area contributed by atoms with Crippen LogP contribution in [0.2, 0.25) is 0 Å². The molecule has 1 fully saturated rings. The summed E-state index contributed by atoms with van der Waals surface area (Å²) in [4.78, 5) is 0. The van der Waals surface area contributed by atoms with E-state index in [4.69, 9.17) is 47.3 Å². The fraction of sp³-hybridized carbons (Fsp3) is 1.00. The SMILES string of the molecule is CCC(O)CO.CCC(O)CO.O.OCC(O)CCl.OCC1CO1.[Cl-].[Na+].[Na+].[OH-]. The second kappa shape index (κ2) is 43.1. The standard InChI is InChI=1S/2C4H10O2.C3H7ClO2.C3H6O2.ClH.2Na.2H2O/c2*1-2-4(6)3-5;4-1-3(6)2-5;4-1-3-2-5-3;;;;;/h2*4-6H,2-3H2,1H3;3,5-6H,1-2H2;3-4H,1-2H2;1H;;;2*1H2/q;;;;;2*+1;;/p-2. The molecule has 168 valence electrons. The van der Waals surface area contributed by atoms with Crippen molar-refractivity contribution in [3.63, 3.8) is 0 Å². The van der Waals surface area contributed by atoms with E-state index < -0.39 is 18.3 Å². The first-order chi connectivity index (χ1) is 10.9. The molecular weight excluding hydrogens is 445 g/mol. The van der Waals surface area contributed by atoms with Crippen LogP contribution < -0.4 is 71.5 Å². The molecule has 10 nitrogen and oxygen atoms in total. The first kappa shape index (κ1) is 52.2. The van der Waals surface area contributed by atoms with Crippen molar-refractivity contribution < 1.29 is 123 Å². The summed E-state index contributed by atoms with van der Waals surface area (Å²) in [5.74, 6) is 0.108. The van der Waals surface area contributed by atoms with Crippen molar-refractivity contribution in [1.82, 2.24) is 0 Å². The van der Waals surface area contributed by atoms with Crippen LogP contribution in [0.1, 0.15) is 26.7 Å². The monoisotopic (exact) mass is 480 g/mol. The van der Waals surface area contributed by atoms with Crippen LogP contribution in [-0.4, -0.2) is 110 Å². The maximum Gasteiger partial charge on any atom is 1.00 e. The molecule has 4 atom stereocenters. The number of aliphatic hydroxyl groups is 7. The van der Waals surface area contributed by atoms with E-state index in [1.165, 1.54) is 0 Å². The summed E-state index contributed by atoms with van der Waals surface area (Å²) in [6.45, 7) is 4.12. The first-order valence-electron chi connectivity index (χ1n) is 7.51. The Morgan fingerprint density at radius 1 is 0.857 bits per heavy atom. The zero-order chi connectivity index (χ0) is 18.7. The minimum Gasteiger partial charge on any atom is -1.00 e. The van der Waals surface area contributed by atoms with E-state index in [0.29, 0.717) is 12.8 Å². The van der Waals surface area contributed by atoms with E-state index in [1.54, 1.807) is 0 Å². The van der Waals surface area contributed by atoms with Gasteiger partial charge in [0, 0.05) is 0 Å². The van der Waals surface area contributed by atoms with Crippen molar-refractivity contribution >= 4 is 11.6 Å². The number of rotatable bonds is 7. The smallest absolute Gasteiger partial charge is 1.00 e. The van der Waals surface area contributed by atoms with E-state index >= 15 is 0 Å². The second-order valence-electron chi connectivity index (χ2n) is 4.62. The Morgan fingerprint density at radius 2 is 1.14 bits per heavy atom. The first-order valence-corrected chi connectivity index (χ1v) is 8.05. The summed E-state index contributed by atoms with van der Waals surface area (Å²) in [5.41, 5.74) is 0. The Morgan fingerprint density at radius 3 is 1.14 bits per heavy atom. The van der Waals surface area contributed by atoms with Crippen LogP contribution in [-0.2, 0) is 4.74 Å². The summed E-state index contributed by atoms with van der Waals surface area (Å²) in [5, 5.41) is 57.4. The molecule has 0 radical (unpaired) electrons. The molecule has 0 amide bonds. The van der Waals surface area contributed by atoms with Gasteiger partial charge < -0.3 is 63.8 Å². The molecule has 0 aromatic rings. The molecule has 0 aromatic heterocycles. The molecule has 28 heavy (non-hydrogen) atoms. The van der Waals surface area contributed by atoms with Crippen LogP contribution in [0.4, 0.5) is 0 Å². The van der Waals surface area contributed by atoms with Crippen LogP contribution >= 0.6 is 11.6 Å². The summed E-state index contributed by atoms with van der Waals surface area (Å²) in [7, 11) is 0. The van der Waals surface area contributed by atoms with Crippen LogP contribution in [0.15, 0.2) is 0 Å². The van der Waals surface area contributed by atoms with Gasteiger partial charge in [-0.15, -0.1) is 11.6 Å². The molecule has 1 aliphatic heterocycles.